The van der Waals surface area contributed by atoms with E-state index in [1.807, 2.05) is 0 Å². The molecule has 4 heteroatoms. The van der Waals surface area contributed by atoms with E-state index in [4.69, 9.17) is 10.2 Å². The van der Waals surface area contributed by atoms with Crippen LogP contribution in [0.25, 0.3) is 0 Å². The number of aliphatic carboxylic acids is 1. The first kappa shape index (κ1) is 24.6. The summed E-state index contributed by atoms with van der Waals surface area (Å²) in [5.74, 6) is -1.19. The molecule has 0 aromatic carbocycles. The molecule has 0 aliphatic heterocycles. The number of rotatable bonds is 13. The van der Waals surface area contributed by atoms with E-state index in [0.29, 0.717) is 0 Å². The van der Waals surface area contributed by atoms with Gasteiger partial charge in [0, 0.05) is 0 Å². The van der Waals surface area contributed by atoms with Crippen LogP contribution in [0.3, 0.4) is 0 Å². The van der Waals surface area contributed by atoms with Crippen LogP contribution in [-0.4, -0.2) is 52.9 Å². The second-order valence-corrected chi connectivity index (χ2v) is 6.66. The highest BCUT2D eigenvalue weighted by molar-refractivity contribution is 5.71. The van der Waals surface area contributed by atoms with Gasteiger partial charge in [-0.2, -0.15) is 0 Å². The Bertz CT molecular complexity index is 230. The zero-order valence-electron chi connectivity index (χ0n) is 16.3. The molecule has 0 bridgehead atoms. The fourth-order valence-corrected chi connectivity index (χ4v) is 2.64. The molecule has 0 spiro atoms. The molecule has 140 valence electrons. The summed E-state index contributed by atoms with van der Waals surface area (Å²) in [6.07, 6.45) is 9.83. The summed E-state index contributed by atoms with van der Waals surface area (Å²) in [5.41, 5.74) is 0. The molecular weight excluding hydrogens is 290 g/mol. The van der Waals surface area contributed by atoms with Gasteiger partial charge in [-0.1, -0.05) is 53.4 Å². The fourth-order valence-electron chi connectivity index (χ4n) is 2.64. The van der Waals surface area contributed by atoms with E-state index in [-0.39, 0.29) is 0 Å². The monoisotopic (exact) mass is 332 g/mol. The number of carboxylic acids is 1. The number of aliphatic hydroxyl groups is 1. The number of hydrogen-bond acceptors (Lipinski definition) is 2. The Kier molecular flexibility index (Phi) is 17.4. The molecule has 0 unspecified atom stereocenters. The third-order valence-electron chi connectivity index (χ3n) is 4.30. The Morgan fingerprint density at radius 3 is 1.13 bits per heavy atom. The van der Waals surface area contributed by atoms with E-state index in [1.54, 1.807) is 0 Å². The van der Waals surface area contributed by atoms with Crippen molar-refractivity contribution in [2.75, 3.05) is 26.2 Å². The van der Waals surface area contributed by atoms with Crippen molar-refractivity contribution in [2.45, 2.75) is 92.1 Å². The van der Waals surface area contributed by atoms with Gasteiger partial charge < -0.3 is 14.7 Å². The first-order valence-corrected chi connectivity index (χ1v) is 9.65. The molecule has 1 atom stereocenters. The zero-order chi connectivity index (χ0) is 18.1. The molecule has 0 aliphatic rings. The Labute approximate surface area is 144 Å². The highest BCUT2D eigenvalue weighted by Gasteiger charge is 2.24. The summed E-state index contributed by atoms with van der Waals surface area (Å²) >= 11 is 0. The molecule has 0 radical (unpaired) electrons. The van der Waals surface area contributed by atoms with Crippen LogP contribution in [0.1, 0.15) is 86.0 Å². The van der Waals surface area contributed by atoms with Gasteiger partial charge in [-0.15, -0.1) is 0 Å². The van der Waals surface area contributed by atoms with Gasteiger partial charge >= 0.3 is 5.97 Å². The maximum Gasteiger partial charge on any atom is 0.332 e. The molecule has 0 amide bonds. The van der Waals surface area contributed by atoms with Crippen molar-refractivity contribution >= 4 is 5.97 Å². The second kappa shape index (κ2) is 16.3. The van der Waals surface area contributed by atoms with Gasteiger partial charge in [0.1, 0.15) is 6.10 Å². The zero-order valence-corrected chi connectivity index (χ0v) is 16.3. The summed E-state index contributed by atoms with van der Waals surface area (Å²) in [7, 11) is 0. The van der Waals surface area contributed by atoms with Gasteiger partial charge in [-0.3, -0.25) is 0 Å². The van der Waals surface area contributed by atoms with Crippen LogP contribution < -0.4 is 0 Å². The van der Waals surface area contributed by atoms with Gasteiger partial charge in [-0.05, 0) is 32.6 Å². The van der Waals surface area contributed by atoms with Gasteiger partial charge in [0.2, 0.25) is 0 Å². The predicted octanol–water partition coefficient (Wildman–Crippen LogP) is 4.46. The van der Waals surface area contributed by atoms with E-state index in [0.717, 1.165) is 0 Å². The number of carbonyl (C=O) groups is 1. The minimum absolute atomic E-state index is 1.19. The van der Waals surface area contributed by atoms with Crippen LogP contribution in [0, 0.1) is 0 Å². The minimum Gasteiger partial charge on any atom is -0.479 e. The Morgan fingerprint density at radius 2 is 1.00 bits per heavy atom. The summed E-state index contributed by atoms with van der Waals surface area (Å²) in [4.78, 5) is 9.45. The normalized spacial score (nSPS) is 12.4. The number of aliphatic hydroxyl groups excluding tert-OH is 1. The second-order valence-electron chi connectivity index (χ2n) is 6.66. The lowest BCUT2D eigenvalue weighted by atomic mass is 10.1. The van der Waals surface area contributed by atoms with Gasteiger partial charge in [0.15, 0.2) is 0 Å². The maximum atomic E-state index is 9.45. The third-order valence-corrected chi connectivity index (χ3v) is 4.30. The van der Waals surface area contributed by atoms with Gasteiger partial charge in [-0.25, -0.2) is 4.79 Å². The van der Waals surface area contributed by atoms with Crippen molar-refractivity contribution in [1.82, 2.24) is 0 Å². The summed E-state index contributed by atoms with van der Waals surface area (Å²) in [5, 5.41) is 15.8. The lowest BCUT2D eigenvalue weighted by Gasteiger charge is -2.39. The first-order chi connectivity index (χ1) is 10.9. The number of unbranched alkanes of at least 4 members (excludes halogenated alkanes) is 4. The number of nitrogens with zero attached hydrogens (tertiary/aromatic N) is 1. The topological polar surface area (TPSA) is 57.5 Å². The van der Waals surface area contributed by atoms with Crippen LogP contribution in [-0.2, 0) is 4.79 Å². The van der Waals surface area contributed by atoms with Crippen LogP contribution in [0.15, 0.2) is 0 Å². The standard InChI is InChI=1S/C16H36N.C3H6O3/c1-5-9-13-17(14-10-6-2,15-11-7-3)16-12-8-4;1-2(4)3(5)6/h5-16H2,1-4H3;2,4H,1H3,(H,5,6)/q+1;/t;2-/m.0/s1. The molecule has 0 aromatic rings. The summed E-state index contributed by atoms with van der Waals surface area (Å²) in [6, 6.07) is 0. The molecule has 0 aromatic heterocycles. The average Bonchev–Trinajstić information content (AvgIpc) is 2.54. The quantitative estimate of drug-likeness (QED) is 0.490. The van der Waals surface area contributed by atoms with Crippen LogP contribution in [0.4, 0.5) is 0 Å². The van der Waals surface area contributed by atoms with Crippen molar-refractivity contribution in [3.8, 4) is 0 Å². The van der Waals surface area contributed by atoms with Crippen molar-refractivity contribution in [1.29, 1.82) is 0 Å². The van der Waals surface area contributed by atoms with Crippen molar-refractivity contribution in [2.24, 2.45) is 0 Å². The van der Waals surface area contributed by atoms with Gasteiger partial charge in [0.25, 0.3) is 0 Å². The third kappa shape index (κ3) is 14.7. The highest BCUT2D eigenvalue weighted by atomic mass is 16.4. The van der Waals surface area contributed by atoms with Crippen LogP contribution in [0.2, 0.25) is 0 Å². The average molecular weight is 333 g/mol. The molecule has 0 fully saturated rings. The fraction of sp³-hybridized carbons (Fsp3) is 0.947. The highest BCUT2D eigenvalue weighted by Crippen LogP contribution is 2.16. The Balaban J connectivity index is 0. The Morgan fingerprint density at radius 1 is 0.783 bits per heavy atom. The van der Waals surface area contributed by atoms with Crippen LogP contribution >= 0.6 is 0 Å². The Hall–Kier alpha value is -0.610. The molecule has 0 saturated carbocycles. The molecule has 0 saturated heterocycles. The van der Waals surface area contributed by atoms with E-state index in [2.05, 4.69) is 27.7 Å². The number of carboxylic acid groups (broad SMARTS) is 1. The lowest BCUT2D eigenvalue weighted by Crippen LogP contribution is -2.50. The van der Waals surface area contributed by atoms with Crippen molar-refractivity contribution < 1.29 is 19.5 Å². The predicted molar refractivity (Wildman–Crippen MR) is 98.7 cm³/mol. The van der Waals surface area contributed by atoms with Gasteiger partial charge in [0.05, 0.1) is 26.2 Å². The molecule has 4 nitrogen and oxygen atoms in total. The summed E-state index contributed by atoms with van der Waals surface area (Å²) in [6.45, 7) is 16.2. The van der Waals surface area contributed by atoms with Crippen molar-refractivity contribution in [3.05, 3.63) is 0 Å². The molecule has 0 rings (SSSR count). The van der Waals surface area contributed by atoms with E-state index < -0.39 is 12.1 Å². The number of quaternary nitrogens is 1. The maximum absolute atomic E-state index is 9.45. The minimum atomic E-state index is -1.23. The summed E-state index contributed by atoms with van der Waals surface area (Å²) < 4.78 is 1.42. The van der Waals surface area contributed by atoms with Crippen LogP contribution in [0.5, 0.6) is 0 Å². The van der Waals surface area contributed by atoms with E-state index in [9.17, 15) is 4.79 Å². The van der Waals surface area contributed by atoms with E-state index in [1.165, 1.54) is 89.0 Å². The molecule has 23 heavy (non-hydrogen) atoms. The van der Waals surface area contributed by atoms with E-state index >= 15 is 0 Å². The number of hydrogen-bond donors (Lipinski definition) is 2. The molecular formula is C19H42NO3+. The SMILES string of the molecule is CCCC[N+](CCCC)(CCCC)CCCC.C[C@H](O)C(=O)O. The largest absolute Gasteiger partial charge is 0.479 e. The molecule has 2 N–H and O–H groups in total. The molecule has 0 aliphatic carbocycles. The lowest BCUT2D eigenvalue weighted by molar-refractivity contribution is -0.929. The first-order valence-electron chi connectivity index (χ1n) is 9.65. The molecule has 0 heterocycles. The van der Waals surface area contributed by atoms with Crippen molar-refractivity contribution in [3.63, 3.8) is 0 Å². The smallest absolute Gasteiger partial charge is 0.332 e.